The minimum atomic E-state index is -0.0512. The van der Waals surface area contributed by atoms with Crippen LogP contribution < -0.4 is 10.5 Å². The molecule has 3 N–H and O–H groups in total. The topological polar surface area (TPSA) is 63.9 Å². The number of H-pyrrole nitrogens is 1. The third kappa shape index (κ3) is 4.57. The zero-order valence-electron chi connectivity index (χ0n) is 14.0. The van der Waals surface area contributed by atoms with E-state index in [-0.39, 0.29) is 6.04 Å². The van der Waals surface area contributed by atoms with Crippen molar-refractivity contribution in [2.24, 2.45) is 5.73 Å². The molecule has 2 heterocycles. The molecule has 0 saturated heterocycles. The summed E-state index contributed by atoms with van der Waals surface area (Å²) in [7, 11) is 0. The molecule has 0 amide bonds. The first-order valence-corrected chi connectivity index (χ1v) is 8.07. The molecule has 23 heavy (non-hydrogen) atoms. The Kier molecular flexibility index (Phi) is 6.18. The van der Waals surface area contributed by atoms with E-state index in [4.69, 9.17) is 10.5 Å². The minimum Gasteiger partial charge on any atom is -0.490 e. The van der Waals surface area contributed by atoms with Gasteiger partial charge in [0.05, 0.1) is 6.20 Å². The first-order chi connectivity index (χ1) is 11.2. The molecule has 0 aliphatic heterocycles. The summed E-state index contributed by atoms with van der Waals surface area (Å²) in [5, 5.41) is 1.23. The van der Waals surface area contributed by atoms with Gasteiger partial charge in [0, 0.05) is 29.3 Å². The van der Waals surface area contributed by atoms with Crippen LogP contribution in [0.5, 0.6) is 5.75 Å². The number of aromatic nitrogens is 2. The van der Waals surface area contributed by atoms with Crippen LogP contribution in [0.15, 0.2) is 48.9 Å². The Morgan fingerprint density at radius 2 is 2.00 bits per heavy atom. The third-order valence-corrected chi connectivity index (χ3v) is 3.47. The lowest BCUT2D eigenvalue weighted by molar-refractivity contribution is 0.286. The first-order valence-electron chi connectivity index (χ1n) is 8.07. The van der Waals surface area contributed by atoms with E-state index in [1.54, 1.807) is 12.4 Å². The predicted octanol–water partition coefficient (Wildman–Crippen LogP) is 3.85. The highest BCUT2D eigenvalue weighted by molar-refractivity contribution is 5.83. The highest BCUT2D eigenvalue weighted by atomic mass is 16.5. The molecule has 0 aliphatic carbocycles. The van der Waals surface area contributed by atoms with Crippen molar-refractivity contribution in [2.45, 2.75) is 33.2 Å². The van der Waals surface area contributed by atoms with Crippen molar-refractivity contribution >= 4 is 10.9 Å². The smallest absolute Gasteiger partial charge is 0.137 e. The van der Waals surface area contributed by atoms with Crippen LogP contribution in [0.4, 0.5) is 0 Å². The molecule has 4 heteroatoms. The number of nitrogens with zero attached hydrogens (tertiary/aromatic N) is 1. The predicted molar refractivity (Wildman–Crippen MR) is 95.8 cm³/mol. The summed E-state index contributed by atoms with van der Waals surface area (Å²) in [5.74, 6) is 0.768. The average molecular weight is 311 g/mol. The second kappa shape index (κ2) is 8.34. The van der Waals surface area contributed by atoms with Gasteiger partial charge in [-0.2, -0.15) is 0 Å². The lowest BCUT2D eigenvalue weighted by Gasteiger charge is -2.13. The van der Waals surface area contributed by atoms with E-state index >= 15 is 0 Å². The van der Waals surface area contributed by atoms with E-state index in [1.807, 2.05) is 45.2 Å². The summed E-state index contributed by atoms with van der Waals surface area (Å²) in [6.07, 6.45) is 6.33. The Hall–Kier alpha value is -2.33. The van der Waals surface area contributed by atoms with E-state index in [9.17, 15) is 0 Å². The van der Waals surface area contributed by atoms with Gasteiger partial charge >= 0.3 is 0 Å². The summed E-state index contributed by atoms with van der Waals surface area (Å²) < 4.78 is 5.71. The molecule has 0 spiro atoms. The fourth-order valence-corrected chi connectivity index (χ4v) is 2.45. The Labute approximate surface area is 137 Å². The molecule has 3 rings (SSSR count). The largest absolute Gasteiger partial charge is 0.490 e. The van der Waals surface area contributed by atoms with Gasteiger partial charge in [0.15, 0.2) is 0 Å². The number of benzene rings is 1. The molecule has 4 nitrogen and oxygen atoms in total. The van der Waals surface area contributed by atoms with Crippen LogP contribution in [-0.4, -0.2) is 22.6 Å². The molecular weight excluding hydrogens is 286 g/mol. The molecule has 3 aromatic rings. The highest BCUT2D eigenvalue weighted by Gasteiger charge is 2.09. The number of aromatic amines is 1. The van der Waals surface area contributed by atoms with Crippen LogP contribution >= 0.6 is 0 Å². The molecule has 0 saturated carbocycles. The molecule has 1 unspecified atom stereocenters. The number of para-hydroxylation sites is 1. The van der Waals surface area contributed by atoms with Gasteiger partial charge in [-0.1, -0.05) is 32.0 Å². The van der Waals surface area contributed by atoms with Crippen LogP contribution in [0, 0.1) is 6.92 Å². The average Bonchev–Trinajstić information content (AvgIpc) is 2.98. The second-order valence-corrected chi connectivity index (χ2v) is 5.33. The Morgan fingerprint density at radius 3 is 2.78 bits per heavy atom. The Balaban J connectivity index is 0.000000924. The molecule has 0 radical (unpaired) electrons. The Morgan fingerprint density at radius 1 is 1.22 bits per heavy atom. The van der Waals surface area contributed by atoms with Gasteiger partial charge in [0.25, 0.3) is 0 Å². The number of aryl methyl sites for hydroxylation is 1. The van der Waals surface area contributed by atoms with Crippen molar-refractivity contribution < 1.29 is 4.74 Å². The second-order valence-electron chi connectivity index (χ2n) is 5.33. The summed E-state index contributed by atoms with van der Waals surface area (Å²) in [6.45, 7) is 6.47. The molecule has 0 fully saturated rings. The SMILES string of the molecule is CC.Cc1cncc(OCC(N)Cc2c[nH]c3ccccc23)c1. The van der Waals surface area contributed by atoms with Gasteiger partial charge < -0.3 is 15.5 Å². The van der Waals surface area contributed by atoms with Crippen molar-refractivity contribution in [3.05, 3.63) is 60.0 Å². The number of rotatable bonds is 5. The summed E-state index contributed by atoms with van der Waals surface area (Å²) in [4.78, 5) is 7.38. The van der Waals surface area contributed by atoms with E-state index < -0.39 is 0 Å². The van der Waals surface area contributed by atoms with Gasteiger partial charge in [0.2, 0.25) is 0 Å². The fourth-order valence-electron chi connectivity index (χ4n) is 2.45. The van der Waals surface area contributed by atoms with E-state index in [2.05, 4.69) is 22.1 Å². The van der Waals surface area contributed by atoms with Crippen molar-refractivity contribution in [1.29, 1.82) is 0 Å². The molecule has 2 aromatic heterocycles. The fraction of sp³-hybridized carbons (Fsp3) is 0.316. The van der Waals surface area contributed by atoms with Crippen molar-refractivity contribution in [3.63, 3.8) is 0 Å². The quantitative estimate of drug-likeness (QED) is 0.752. The molecule has 1 aromatic carbocycles. The number of ether oxygens (including phenoxy) is 1. The molecule has 0 bridgehead atoms. The van der Waals surface area contributed by atoms with Crippen LogP contribution in [-0.2, 0) is 6.42 Å². The van der Waals surface area contributed by atoms with E-state index in [0.29, 0.717) is 6.61 Å². The molecule has 1 atom stereocenters. The van der Waals surface area contributed by atoms with Crippen LogP contribution in [0.2, 0.25) is 0 Å². The highest BCUT2D eigenvalue weighted by Crippen LogP contribution is 2.19. The Bertz CT molecular complexity index is 736. The molecule has 122 valence electrons. The van der Waals surface area contributed by atoms with Crippen LogP contribution in [0.25, 0.3) is 10.9 Å². The van der Waals surface area contributed by atoms with Crippen LogP contribution in [0.3, 0.4) is 0 Å². The van der Waals surface area contributed by atoms with E-state index in [0.717, 1.165) is 23.3 Å². The zero-order chi connectivity index (χ0) is 16.7. The summed E-state index contributed by atoms with van der Waals surface area (Å²) in [6, 6.07) is 10.2. The first kappa shape index (κ1) is 17.0. The molecular formula is C19H25N3O. The zero-order valence-corrected chi connectivity index (χ0v) is 14.0. The number of nitrogens with two attached hydrogens (primary N) is 1. The maximum Gasteiger partial charge on any atom is 0.137 e. The standard InChI is InChI=1S/C17H19N3O.C2H6/c1-12-6-15(10-19-8-12)21-11-14(18)7-13-9-20-17-5-3-2-4-16(13)17;1-2/h2-6,8-10,14,20H,7,11,18H2,1H3;1-2H3. The molecule has 0 aliphatic rings. The van der Waals surface area contributed by atoms with Crippen molar-refractivity contribution in [1.82, 2.24) is 9.97 Å². The number of hydrogen-bond donors (Lipinski definition) is 2. The van der Waals surface area contributed by atoms with Gasteiger partial charge in [0.1, 0.15) is 12.4 Å². The van der Waals surface area contributed by atoms with Gasteiger partial charge in [-0.25, -0.2) is 0 Å². The van der Waals surface area contributed by atoms with Gasteiger partial charge in [-0.3, -0.25) is 4.98 Å². The normalized spacial score (nSPS) is 11.7. The number of hydrogen-bond acceptors (Lipinski definition) is 3. The lowest BCUT2D eigenvalue weighted by Crippen LogP contribution is -2.30. The lowest BCUT2D eigenvalue weighted by atomic mass is 10.1. The maximum absolute atomic E-state index is 6.18. The third-order valence-electron chi connectivity index (χ3n) is 3.47. The number of pyridine rings is 1. The summed E-state index contributed by atoms with van der Waals surface area (Å²) in [5.41, 5.74) is 9.63. The van der Waals surface area contributed by atoms with Gasteiger partial charge in [-0.05, 0) is 36.6 Å². The van der Waals surface area contributed by atoms with Gasteiger partial charge in [-0.15, -0.1) is 0 Å². The number of fused-ring (bicyclic) bond motifs is 1. The van der Waals surface area contributed by atoms with E-state index in [1.165, 1.54) is 10.9 Å². The summed E-state index contributed by atoms with van der Waals surface area (Å²) >= 11 is 0. The van der Waals surface area contributed by atoms with Crippen LogP contribution in [0.1, 0.15) is 25.0 Å². The monoisotopic (exact) mass is 311 g/mol. The maximum atomic E-state index is 6.18. The van der Waals surface area contributed by atoms with Crippen molar-refractivity contribution in [3.8, 4) is 5.75 Å². The number of nitrogens with one attached hydrogen (secondary N) is 1. The minimum absolute atomic E-state index is 0.0512. The van der Waals surface area contributed by atoms with Crippen molar-refractivity contribution in [2.75, 3.05) is 6.61 Å².